The molecule has 2 rings (SSSR count). The van der Waals surface area contributed by atoms with E-state index in [1.165, 1.54) is 0 Å². The van der Waals surface area contributed by atoms with Crippen LogP contribution in [-0.4, -0.2) is 16.7 Å². The fraction of sp³-hybridized carbons (Fsp3) is 0.200. The molecule has 0 aliphatic rings. The summed E-state index contributed by atoms with van der Waals surface area (Å²) >= 11 is 0. The van der Waals surface area contributed by atoms with E-state index in [1.807, 2.05) is 24.3 Å². The van der Waals surface area contributed by atoms with Crippen LogP contribution in [0.4, 0.5) is 0 Å². The van der Waals surface area contributed by atoms with Gasteiger partial charge in [0.2, 0.25) is 0 Å². The van der Waals surface area contributed by atoms with Gasteiger partial charge < -0.3 is 10.1 Å². The van der Waals surface area contributed by atoms with Gasteiger partial charge in [0.1, 0.15) is 0 Å². The van der Waals surface area contributed by atoms with Gasteiger partial charge in [-0.1, -0.05) is 12.1 Å². The monoisotopic (exact) mass is 160 g/mol. The summed E-state index contributed by atoms with van der Waals surface area (Å²) in [5.41, 5.74) is 2.15. The van der Waals surface area contributed by atoms with Crippen LogP contribution in [0.15, 0.2) is 24.3 Å². The van der Waals surface area contributed by atoms with Crippen LogP contribution in [0.5, 0.6) is 0 Å². The van der Waals surface area contributed by atoms with Crippen molar-refractivity contribution in [3.05, 3.63) is 36.0 Å². The third kappa shape index (κ3) is 1.21. The van der Waals surface area contributed by atoms with Crippen LogP contribution in [0.2, 0.25) is 0 Å². The first-order valence-electron chi connectivity index (χ1n) is 3.99. The first-order chi connectivity index (χ1) is 5.90. The first kappa shape index (κ1) is 7.37. The minimum absolute atomic E-state index is 0.187. The third-order valence-electron chi connectivity index (χ3n) is 1.88. The average Bonchev–Trinajstić information content (AvgIpc) is 2.47. The fourth-order valence-corrected chi connectivity index (χ4v) is 1.32. The highest BCUT2D eigenvalue weighted by Gasteiger charge is 1.97. The molecule has 1 radical (unpaired) electrons. The number of hydrogen-bond acceptors (Lipinski definition) is 1. The number of hydrogen-bond donors (Lipinski definition) is 2. The number of aliphatic hydroxyl groups is 1. The SMILES string of the molecule is OCCc1cc2[c]cccc2[nH]1. The van der Waals surface area contributed by atoms with Crippen molar-refractivity contribution in [2.24, 2.45) is 0 Å². The van der Waals surface area contributed by atoms with Gasteiger partial charge in [-0.2, -0.15) is 0 Å². The van der Waals surface area contributed by atoms with Crippen molar-refractivity contribution in [1.29, 1.82) is 0 Å². The van der Waals surface area contributed by atoms with E-state index in [1.54, 1.807) is 0 Å². The Labute approximate surface area is 70.8 Å². The minimum Gasteiger partial charge on any atom is -0.396 e. The molecule has 0 spiro atoms. The predicted octanol–water partition coefficient (Wildman–Crippen LogP) is 1.50. The first-order valence-corrected chi connectivity index (χ1v) is 3.99. The van der Waals surface area contributed by atoms with Crippen LogP contribution in [-0.2, 0) is 6.42 Å². The zero-order chi connectivity index (χ0) is 8.39. The summed E-state index contributed by atoms with van der Waals surface area (Å²) in [4.78, 5) is 3.21. The summed E-state index contributed by atoms with van der Waals surface area (Å²) in [6.07, 6.45) is 0.683. The number of rotatable bonds is 2. The van der Waals surface area contributed by atoms with Crippen LogP contribution in [0.1, 0.15) is 5.69 Å². The number of aliphatic hydroxyl groups excluding tert-OH is 1. The Kier molecular flexibility index (Phi) is 1.84. The van der Waals surface area contributed by atoms with Crippen LogP contribution in [0.3, 0.4) is 0 Å². The molecule has 0 bridgehead atoms. The summed E-state index contributed by atoms with van der Waals surface area (Å²) in [5, 5.41) is 9.80. The standard InChI is InChI=1S/C10H10NO/c12-6-5-9-7-8-3-1-2-4-10(8)11-9/h1-2,4,7,11-12H,5-6H2. The van der Waals surface area contributed by atoms with Gasteiger partial charge in [-0.25, -0.2) is 0 Å². The van der Waals surface area contributed by atoms with Crippen molar-refractivity contribution < 1.29 is 5.11 Å². The molecule has 2 nitrogen and oxygen atoms in total. The number of nitrogens with one attached hydrogen (secondary N) is 1. The molecule has 1 aromatic heterocycles. The molecule has 61 valence electrons. The van der Waals surface area contributed by atoms with Gasteiger partial charge in [0.25, 0.3) is 0 Å². The second kappa shape index (κ2) is 2.99. The van der Waals surface area contributed by atoms with Crippen molar-refractivity contribution in [1.82, 2.24) is 4.98 Å². The van der Waals surface area contributed by atoms with Gasteiger partial charge in [-0.05, 0) is 18.2 Å². The lowest BCUT2D eigenvalue weighted by Gasteiger charge is -1.88. The second-order valence-corrected chi connectivity index (χ2v) is 2.77. The Balaban J connectivity index is 2.47. The molecule has 0 fully saturated rings. The summed E-state index contributed by atoms with van der Waals surface area (Å²) in [7, 11) is 0. The van der Waals surface area contributed by atoms with Crippen molar-refractivity contribution >= 4 is 10.9 Å². The molecule has 0 aliphatic carbocycles. The molecule has 0 atom stereocenters. The second-order valence-electron chi connectivity index (χ2n) is 2.77. The zero-order valence-corrected chi connectivity index (χ0v) is 6.67. The van der Waals surface area contributed by atoms with E-state index in [2.05, 4.69) is 11.1 Å². The molecule has 2 heteroatoms. The lowest BCUT2D eigenvalue weighted by atomic mass is 10.2. The third-order valence-corrected chi connectivity index (χ3v) is 1.88. The number of aromatic amines is 1. The number of H-pyrrole nitrogens is 1. The molecule has 0 saturated carbocycles. The summed E-state index contributed by atoms with van der Waals surface area (Å²) < 4.78 is 0. The maximum atomic E-state index is 8.71. The molecule has 12 heavy (non-hydrogen) atoms. The molecule has 0 amide bonds. The van der Waals surface area contributed by atoms with E-state index in [9.17, 15) is 0 Å². The normalized spacial score (nSPS) is 10.8. The average molecular weight is 160 g/mol. The Morgan fingerprint density at radius 2 is 2.42 bits per heavy atom. The largest absolute Gasteiger partial charge is 0.396 e. The van der Waals surface area contributed by atoms with Crippen LogP contribution < -0.4 is 0 Å². The Morgan fingerprint density at radius 1 is 1.50 bits per heavy atom. The highest BCUT2D eigenvalue weighted by molar-refractivity contribution is 5.79. The van der Waals surface area contributed by atoms with Gasteiger partial charge in [0.05, 0.1) is 0 Å². The maximum absolute atomic E-state index is 8.71. The van der Waals surface area contributed by atoms with E-state index < -0.39 is 0 Å². The topological polar surface area (TPSA) is 36.0 Å². The summed E-state index contributed by atoms with van der Waals surface area (Å²) in [5.74, 6) is 0. The Bertz CT molecular complexity index is 345. The molecule has 0 aliphatic heterocycles. The van der Waals surface area contributed by atoms with E-state index in [-0.39, 0.29) is 6.61 Å². The van der Waals surface area contributed by atoms with Gasteiger partial charge in [0.15, 0.2) is 0 Å². The molecular formula is C10H10NO. The van der Waals surface area contributed by atoms with Gasteiger partial charge in [-0.3, -0.25) is 0 Å². The number of benzene rings is 1. The van der Waals surface area contributed by atoms with Gasteiger partial charge in [-0.15, -0.1) is 0 Å². The van der Waals surface area contributed by atoms with E-state index in [0.717, 1.165) is 16.6 Å². The van der Waals surface area contributed by atoms with Crippen LogP contribution in [0, 0.1) is 6.07 Å². The maximum Gasteiger partial charge on any atom is 0.0485 e. The van der Waals surface area contributed by atoms with Crippen LogP contribution in [0.25, 0.3) is 10.9 Å². The van der Waals surface area contributed by atoms with Crippen molar-refractivity contribution in [3.8, 4) is 0 Å². The molecule has 2 N–H and O–H groups in total. The lowest BCUT2D eigenvalue weighted by Crippen LogP contribution is -1.88. The Hall–Kier alpha value is -1.28. The molecular weight excluding hydrogens is 150 g/mol. The van der Waals surface area contributed by atoms with Crippen molar-refractivity contribution in [3.63, 3.8) is 0 Å². The number of fused-ring (bicyclic) bond motifs is 1. The van der Waals surface area contributed by atoms with E-state index in [4.69, 9.17) is 5.11 Å². The van der Waals surface area contributed by atoms with Gasteiger partial charge in [0, 0.05) is 29.6 Å². The fourth-order valence-electron chi connectivity index (χ4n) is 1.32. The van der Waals surface area contributed by atoms with Gasteiger partial charge >= 0.3 is 0 Å². The highest BCUT2D eigenvalue weighted by Crippen LogP contribution is 2.13. The van der Waals surface area contributed by atoms with Crippen LogP contribution >= 0.6 is 0 Å². The molecule has 2 aromatic rings. The molecule has 0 unspecified atom stereocenters. The molecule has 0 saturated heterocycles. The van der Waals surface area contributed by atoms with E-state index >= 15 is 0 Å². The van der Waals surface area contributed by atoms with Crippen molar-refractivity contribution in [2.75, 3.05) is 6.61 Å². The number of aromatic nitrogens is 1. The molecule has 1 aromatic carbocycles. The quantitative estimate of drug-likeness (QED) is 0.686. The summed E-state index contributed by atoms with van der Waals surface area (Å²) in [6.45, 7) is 0.187. The lowest BCUT2D eigenvalue weighted by molar-refractivity contribution is 0.298. The van der Waals surface area contributed by atoms with E-state index in [0.29, 0.717) is 6.42 Å². The molecule has 1 heterocycles. The van der Waals surface area contributed by atoms with Crippen molar-refractivity contribution in [2.45, 2.75) is 6.42 Å². The zero-order valence-electron chi connectivity index (χ0n) is 6.67. The minimum atomic E-state index is 0.187. The highest BCUT2D eigenvalue weighted by atomic mass is 16.3. The Morgan fingerprint density at radius 3 is 3.17 bits per heavy atom. The predicted molar refractivity (Wildman–Crippen MR) is 47.9 cm³/mol. The smallest absolute Gasteiger partial charge is 0.0485 e. The summed E-state index contributed by atoms with van der Waals surface area (Å²) in [6, 6.07) is 11.0.